The van der Waals surface area contributed by atoms with Gasteiger partial charge in [0.15, 0.2) is 0 Å². The molecular weight excluding hydrogens is 274 g/mol. The molecule has 1 unspecified atom stereocenters. The number of nitrogens with one attached hydrogen (secondary N) is 2. The Bertz CT molecular complexity index is 445. The standard InChI is InChI=1S/C18H29N3O/c1-15(21(2)14-17-6-4-3-5-7-17)10-11-20-18(22)13-19-12-16-8-9-16/h3-7,15-16,19H,8-14H2,1-2H3,(H,20,22). The van der Waals surface area contributed by atoms with E-state index in [2.05, 4.69) is 53.8 Å². The van der Waals surface area contributed by atoms with Crippen molar-refractivity contribution in [3.05, 3.63) is 35.9 Å². The van der Waals surface area contributed by atoms with Crippen molar-refractivity contribution in [3.8, 4) is 0 Å². The molecule has 0 heterocycles. The number of hydrogen-bond donors (Lipinski definition) is 2. The Hall–Kier alpha value is -1.39. The molecule has 0 spiro atoms. The van der Waals surface area contributed by atoms with E-state index in [0.29, 0.717) is 12.6 Å². The second-order valence-electron chi connectivity index (χ2n) is 6.46. The van der Waals surface area contributed by atoms with E-state index in [1.807, 2.05) is 6.07 Å². The molecule has 0 bridgehead atoms. The third kappa shape index (κ3) is 6.58. The predicted molar refractivity (Wildman–Crippen MR) is 90.6 cm³/mol. The summed E-state index contributed by atoms with van der Waals surface area (Å²) >= 11 is 0. The number of nitrogens with zero attached hydrogens (tertiary/aromatic N) is 1. The first-order valence-corrected chi connectivity index (χ1v) is 8.36. The van der Waals surface area contributed by atoms with Gasteiger partial charge in [-0.2, -0.15) is 0 Å². The number of amides is 1. The Morgan fingerprint density at radius 3 is 2.73 bits per heavy atom. The number of carbonyl (C=O) groups excluding carboxylic acids is 1. The summed E-state index contributed by atoms with van der Waals surface area (Å²) in [6.45, 7) is 5.33. The van der Waals surface area contributed by atoms with Gasteiger partial charge in [-0.05, 0) is 51.3 Å². The van der Waals surface area contributed by atoms with Gasteiger partial charge >= 0.3 is 0 Å². The molecule has 22 heavy (non-hydrogen) atoms. The van der Waals surface area contributed by atoms with E-state index in [4.69, 9.17) is 0 Å². The summed E-state index contributed by atoms with van der Waals surface area (Å²) < 4.78 is 0. The van der Waals surface area contributed by atoms with Crippen LogP contribution in [-0.4, -0.2) is 43.5 Å². The van der Waals surface area contributed by atoms with Crippen LogP contribution in [0.15, 0.2) is 30.3 Å². The first kappa shape index (κ1) is 17.0. The van der Waals surface area contributed by atoms with E-state index >= 15 is 0 Å². The zero-order valence-corrected chi connectivity index (χ0v) is 13.8. The van der Waals surface area contributed by atoms with Gasteiger partial charge in [-0.3, -0.25) is 9.69 Å². The molecular formula is C18H29N3O. The van der Waals surface area contributed by atoms with Gasteiger partial charge < -0.3 is 10.6 Å². The predicted octanol–water partition coefficient (Wildman–Crippen LogP) is 2.01. The summed E-state index contributed by atoms with van der Waals surface area (Å²) in [4.78, 5) is 14.0. The quantitative estimate of drug-likeness (QED) is 0.695. The number of rotatable bonds is 10. The minimum atomic E-state index is 0.110. The van der Waals surface area contributed by atoms with Crippen molar-refractivity contribution in [1.29, 1.82) is 0 Å². The molecule has 0 radical (unpaired) electrons. The zero-order chi connectivity index (χ0) is 15.8. The molecule has 4 nitrogen and oxygen atoms in total. The van der Waals surface area contributed by atoms with Crippen molar-refractivity contribution in [3.63, 3.8) is 0 Å². The van der Waals surface area contributed by atoms with Crippen LogP contribution in [0.3, 0.4) is 0 Å². The maximum Gasteiger partial charge on any atom is 0.233 e. The minimum absolute atomic E-state index is 0.110. The highest BCUT2D eigenvalue weighted by atomic mass is 16.1. The average Bonchev–Trinajstić information content (AvgIpc) is 3.32. The highest BCUT2D eigenvalue weighted by Gasteiger charge is 2.20. The smallest absolute Gasteiger partial charge is 0.233 e. The van der Waals surface area contributed by atoms with Crippen molar-refractivity contribution < 1.29 is 4.79 Å². The normalized spacial score (nSPS) is 15.8. The second-order valence-corrected chi connectivity index (χ2v) is 6.46. The molecule has 2 rings (SSSR count). The van der Waals surface area contributed by atoms with Gasteiger partial charge in [0, 0.05) is 19.1 Å². The number of benzene rings is 1. The van der Waals surface area contributed by atoms with Gasteiger partial charge in [-0.25, -0.2) is 0 Å². The minimum Gasteiger partial charge on any atom is -0.355 e. The third-order valence-corrected chi connectivity index (χ3v) is 4.33. The van der Waals surface area contributed by atoms with Gasteiger partial charge in [-0.1, -0.05) is 30.3 Å². The average molecular weight is 303 g/mol. The molecule has 4 heteroatoms. The molecule has 1 saturated carbocycles. The molecule has 0 saturated heterocycles. The lowest BCUT2D eigenvalue weighted by atomic mass is 10.1. The molecule has 1 aliphatic rings. The zero-order valence-electron chi connectivity index (χ0n) is 13.8. The maximum atomic E-state index is 11.7. The van der Waals surface area contributed by atoms with E-state index in [9.17, 15) is 4.79 Å². The van der Waals surface area contributed by atoms with E-state index < -0.39 is 0 Å². The lowest BCUT2D eigenvalue weighted by Gasteiger charge is -2.25. The monoisotopic (exact) mass is 303 g/mol. The lowest BCUT2D eigenvalue weighted by molar-refractivity contribution is -0.120. The van der Waals surface area contributed by atoms with E-state index in [-0.39, 0.29) is 5.91 Å². The molecule has 0 aliphatic heterocycles. The van der Waals surface area contributed by atoms with Crippen molar-refractivity contribution >= 4 is 5.91 Å². The van der Waals surface area contributed by atoms with Crippen LogP contribution in [0.2, 0.25) is 0 Å². The van der Waals surface area contributed by atoms with E-state index in [1.54, 1.807) is 0 Å². The van der Waals surface area contributed by atoms with Crippen LogP contribution in [0.1, 0.15) is 31.7 Å². The van der Waals surface area contributed by atoms with Crippen LogP contribution in [0.5, 0.6) is 0 Å². The van der Waals surface area contributed by atoms with Gasteiger partial charge in [-0.15, -0.1) is 0 Å². The van der Waals surface area contributed by atoms with Gasteiger partial charge in [0.1, 0.15) is 0 Å². The highest BCUT2D eigenvalue weighted by Crippen LogP contribution is 2.27. The van der Waals surface area contributed by atoms with Crippen LogP contribution in [0.25, 0.3) is 0 Å². The third-order valence-electron chi connectivity index (χ3n) is 4.33. The van der Waals surface area contributed by atoms with Crippen molar-refractivity contribution in [2.24, 2.45) is 5.92 Å². The second kappa shape index (κ2) is 8.91. The highest BCUT2D eigenvalue weighted by molar-refractivity contribution is 5.77. The first-order valence-electron chi connectivity index (χ1n) is 8.36. The fourth-order valence-electron chi connectivity index (χ4n) is 2.44. The van der Waals surface area contributed by atoms with Crippen LogP contribution in [0.4, 0.5) is 0 Å². The first-order chi connectivity index (χ1) is 10.6. The molecule has 1 amide bonds. The molecule has 1 atom stereocenters. The van der Waals surface area contributed by atoms with Gasteiger partial charge in [0.2, 0.25) is 5.91 Å². The summed E-state index contributed by atoms with van der Waals surface area (Å²) in [6, 6.07) is 10.9. The van der Waals surface area contributed by atoms with Crippen LogP contribution >= 0.6 is 0 Å². The summed E-state index contributed by atoms with van der Waals surface area (Å²) in [5.41, 5.74) is 1.32. The van der Waals surface area contributed by atoms with Crippen LogP contribution in [0, 0.1) is 5.92 Å². The Morgan fingerprint density at radius 2 is 2.05 bits per heavy atom. The van der Waals surface area contributed by atoms with Crippen molar-refractivity contribution in [2.75, 3.05) is 26.7 Å². The summed E-state index contributed by atoms with van der Waals surface area (Å²) in [5.74, 6) is 0.929. The molecule has 122 valence electrons. The molecule has 2 N–H and O–H groups in total. The topological polar surface area (TPSA) is 44.4 Å². The number of hydrogen-bond acceptors (Lipinski definition) is 3. The van der Waals surface area contributed by atoms with Gasteiger partial charge in [0.25, 0.3) is 0 Å². The Morgan fingerprint density at radius 1 is 1.32 bits per heavy atom. The lowest BCUT2D eigenvalue weighted by Crippen LogP contribution is -2.37. The van der Waals surface area contributed by atoms with Crippen molar-refractivity contribution in [2.45, 2.75) is 38.8 Å². The Kier molecular flexibility index (Phi) is 6.87. The Balaban J connectivity index is 1.55. The molecule has 1 fully saturated rings. The van der Waals surface area contributed by atoms with E-state index in [1.165, 1.54) is 18.4 Å². The molecule has 1 aromatic rings. The fourth-order valence-corrected chi connectivity index (χ4v) is 2.44. The Labute approximate surface area is 134 Å². The molecule has 1 aliphatic carbocycles. The largest absolute Gasteiger partial charge is 0.355 e. The molecule has 0 aromatic heterocycles. The maximum absolute atomic E-state index is 11.7. The summed E-state index contributed by atoms with van der Waals surface area (Å²) in [7, 11) is 2.14. The number of carbonyl (C=O) groups is 1. The van der Waals surface area contributed by atoms with Crippen molar-refractivity contribution in [1.82, 2.24) is 15.5 Å². The van der Waals surface area contributed by atoms with Crippen LogP contribution in [-0.2, 0) is 11.3 Å². The summed E-state index contributed by atoms with van der Waals surface area (Å²) in [5, 5.41) is 6.22. The molecule has 1 aromatic carbocycles. The van der Waals surface area contributed by atoms with E-state index in [0.717, 1.165) is 32.0 Å². The van der Waals surface area contributed by atoms with Crippen LogP contribution < -0.4 is 10.6 Å². The summed E-state index contributed by atoms with van der Waals surface area (Å²) in [6.07, 6.45) is 3.61. The fraction of sp³-hybridized carbons (Fsp3) is 0.611. The SMILES string of the molecule is CC(CCNC(=O)CNCC1CC1)N(C)Cc1ccccc1. The van der Waals surface area contributed by atoms with Gasteiger partial charge in [0.05, 0.1) is 6.54 Å².